The first-order valence-corrected chi connectivity index (χ1v) is 8.04. The van der Waals surface area contributed by atoms with E-state index in [0.29, 0.717) is 5.92 Å². The highest BCUT2D eigenvalue weighted by atomic mass is 16.2. The summed E-state index contributed by atoms with van der Waals surface area (Å²) in [4.78, 5) is 25.5. The number of piperidine rings is 1. The minimum atomic E-state index is 0.0188. The molecule has 1 saturated heterocycles. The number of carbonyl (C=O) groups is 2. The van der Waals surface area contributed by atoms with Crippen LogP contribution in [-0.2, 0) is 11.2 Å². The summed E-state index contributed by atoms with van der Waals surface area (Å²) in [5.74, 6) is 0.634. The summed E-state index contributed by atoms with van der Waals surface area (Å²) in [6, 6.07) is 5.96. The predicted molar refractivity (Wildman–Crippen MR) is 85.9 cm³/mol. The molecule has 3 rings (SSSR count). The van der Waals surface area contributed by atoms with Crippen LogP contribution in [0, 0.1) is 5.92 Å². The highest BCUT2D eigenvalue weighted by Gasteiger charge is 2.24. The molecule has 2 heterocycles. The molecule has 0 spiro atoms. The molecule has 2 aliphatic rings. The highest BCUT2D eigenvalue weighted by molar-refractivity contribution is 5.95. The Morgan fingerprint density at radius 2 is 2.09 bits per heavy atom. The van der Waals surface area contributed by atoms with Gasteiger partial charge in [0, 0.05) is 44.4 Å². The van der Waals surface area contributed by atoms with Crippen molar-refractivity contribution in [2.24, 2.45) is 5.92 Å². The molecule has 0 aromatic heterocycles. The molecular weight excluding hydrogens is 278 g/mol. The number of anilines is 1. The van der Waals surface area contributed by atoms with Gasteiger partial charge < -0.3 is 15.5 Å². The average Bonchev–Trinajstić information content (AvgIpc) is 3.00. The number of hydrogen-bond donors (Lipinski definition) is 2. The molecule has 0 atom stereocenters. The Hall–Kier alpha value is -2.04. The second-order valence-electron chi connectivity index (χ2n) is 6.22. The third-order valence-corrected chi connectivity index (χ3v) is 4.60. The number of likely N-dealkylation sites (tertiary alicyclic amines) is 1. The minimum absolute atomic E-state index is 0.0188. The van der Waals surface area contributed by atoms with Gasteiger partial charge in [0.15, 0.2) is 0 Å². The maximum absolute atomic E-state index is 12.6. The maximum atomic E-state index is 12.6. The summed E-state index contributed by atoms with van der Waals surface area (Å²) < 4.78 is 0. The average molecular weight is 301 g/mol. The number of hydrogen-bond acceptors (Lipinski definition) is 3. The fraction of sp³-hybridized carbons (Fsp3) is 0.529. The summed E-state index contributed by atoms with van der Waals surface area (Å²) in [7, 11) is 0. The van der Waals surface area contributed by atoms with Gasteiger partial charge in [0.1, 0.15) is 0 Å². The third-order valence-electron chi connectivity index (χ3n) is 4.60. The second-order valence-corrected chi connectivity index (χ2v) is 6.22. The van der Waals surface area contributed by atoms with E-state index in [1.54, 1.807) is 6.92 Å². The molecule has 22 heavy (non-hydrogen) atoms. The lowest BCUT2D eigenvalue weighted by molar-refractivity contribution is -0.119. The number of amides is 2. The van der Waals surface area contributed by atoms with E-state index in [4.69, 9.17) is 0 Å². The molecule has 0 aliphatic carbocycles. The summed E-state index contributed by atoms with van der Waals surface area (Å²) in [5.41, 5.74) is 3.19. The lowest BCUT2D eigenvalue weighted by Crippen LogP contribution is -2.41. The SMILES string of the molecule is CC(=O)NCC1CCN(C(=O)c2ccc3c(c2)CCN3)CC1. The van der Waals surface area contributed by atoms with Crippen LogP contribution in [0.2, 0.25) is 0 Å². The normalized spacial score (nSPS) is 17.8. The molecule has 2 amide bonds. The molecule has 0 radical (unpaired) electrons. The van der Waals surface area contributed by atoms with Crippen molar-refractivity contribution < 1.29 is 9.59 Å². The Kier molecular flexibility index (Phi) is 4.32. The largest absolute Gasteiger partial charge is 0.384 e. The van der Waals surface area contributed by atoms with E-state index in [-0.39, 0.29) is 11.8 Å². The van der Waals surface area contributed by atoms with Gasteiger partial charge in [-0.15, -0.1) is 0 Å². The van der Waals surface area contributed by atoms with E-state index in [1.807, 2.05) is 23.1 Å². The van der Waals surface area contributed by atoms with Crippen LogP contribution in [0.4, 0.5) is 5.69 Å². The van der Waals surface area contributed by atoms with Gasteiger partial charge in [-0.25, -0.2) is 0 Å². The molecule has 1 aromatic carbocycles. The zero-order chi connectivity index (χ0) is 15.5. The van der Waals surface area contributed by atoms with Crippen molar-refractivity contribution in [1.29, 1.82) is 0 Å². The Morgan fingerprint density at radius 1 is 1.32 bits per heavy atom. The van der Waals surface area contributed by atoms with Gasteiger partial charge in [-0.05, 0) is 48.9 Å². The summed E-state index contributed by atoms with van der Waals surface area (Å²) in [6.45, 7) is 4.78. The number of fused-ring (bicyclic) bond motifs is 1. The van der Waals surface area contributed by atoms with Crippen LogP contribution >= 0.6 is 0 Å². The van der Waals surface area contributed by atoms with E-state index in [9.17, 15) is 9.59 Å². The van der Waals surface area contributed by atoms with Gasteiger partial charge in [-0.3, -0.25) is 9.59 Å². The topological polar surface area (TPSA) is 61.4 Å². The van der Waals surface area contributed by atoms with Crippen LogP contribution in [-0.4, -0.2) is 42.9 Å². The van der Waals surface area contributed by atoms with Crippen LogP contribution < -0.4 is 10.6 Å². The van der Waals surface area contributed by atoms with Crippen molar-refractivity contribution in [1.82, 2.24) is 10.2 Å². The zero-order valence-electron chi connectivity index (χ0n) is 13.0. The molecule has 1 aromatic rings. The first kappa shape index (κ1) is 14.9. The van der Waals surface area contributed by atoms with E-state index in [1.165, 1.54) is 5.56 Å². The fourth-order valence-corrected chi connectivity index (χ4v) is 3.25. The highest BCUT2D eigenvalue weighted by Crippen LogP contribution is 2.25. The summed E-state index contributed by atoms with van der Waals surface area (Å²) >= 11 is 0. The molecular formula is C17H23N3O2. The van der Waals surface area contributed by atoms with E-state index in [2.05, 4.69) is 10.6 Å². The molecule has 1 fully saturated rings. The van der Waals surface area contributed by atoms with Crippen molar-refractivity contribution in [3.63, 3.8) is 0 Å². The number of carbonyl (C=O) groups excluding carboxylic acids is 2. The van der Waals surface area contributed by atoms with E-state index in [0.717, 1.165) is 56.7 Å². The smallest absolute Gasteiger partial charge is 0.253 e. The first-order chi connectivity index (χ1) is 10.6. The van der Waals surface area contributed by atoms with Crippen LogP contribution in [0.3, 0.4) is 0 Å². The molecule has 2 N–H and O–H groups in total. The number of rotatable bonds is 3. The first-order valence-electron chi connectivity index (χ1n) is 8.04. The van der Waals surface area contributed by atoms with E-state index < -0.39 is 0 Å². The van der Waals surface area contributed by atoms with Crippen molar-refractivity contribution in [3.05, 3.63) is 29.3 Å². The summed E-state index contributed by atoms with van der Waals surface area (Å²) in [5, 5.41) is 6.19. The molecule has 0 unspecified atom stereocenters. The minimum Gasteiger partial charge on any atom is -0.384 e. The molecule has 2 aliphatic heterocycles. The Balaban J connectivity index is 1.57. The van der Waals surface area contributed by atoms with Gasteiger partial charge in [0.25, 0.3) is 5.91 Å². The summed E-state index contributed by atoms with van der Waals surface area (Å²) in [6.07, 6.45) is 2.91. The van der Waals surface area contributed by atoms with Crippen LogP contribution in [0.5, 0.6) is 0 Å². The van der Waals surface area contributed by atoms with Gasteiger partial charge in [-0.2, -0.15) is 0 Å². The molecule has 5 nitrogen and oxygen atoms in total. The predicted octanol–water partition coefficient (Wildman–Crippen LogP) is 1.64. The van der Waals surface area contributed by atoms with Gasteiger partial charge >= 0.3 is 0 Å². The standard InChI is InChI=1S/C17H23N3O2/c1-12(21)19-11-13-5-8-20(9-6-13)17(22)15-2-3-16-14(10-15)4-7-18-16/h2-3,10,13,18H,4-9,11H2,1H3,(H,19,21). The monoisotopic (exact) mass is 301 g/mol. The molecule has 0 saturated carbocycles. The fourth-order valence-electron chi connectivity index (χ4n) is 3.25. The van der Waals surface area contributed by atoms with Gasteiger partial charge in [-0.1, -0.05) is 0 Å². The maximum Gasteiger partial charge on any atom is 0.253 e. The Labute approximate surface area is 131 Å². The number of nitrogens with one attached hydrogen (secondary N) is 2. The number of nitrogens with zero attached hydrogens (tertiary/aromatic N) is 1. The Bertz CT molecular complexity index is 577. The quantitative estimate of drug-likeness (QED) is 0.892. The second kappa shape index (κ2) is 6.38. The van der Waals surface area contributed by atoms with Crippen molar-refractivity contribution in [2.45, 2.75) is 26.2 Å². The number of benzene rings is 1. The lowest BCUT2D eigenvalue weighted by atomic mass is 9.96. The molecule has 118 valence electrons. The third kappa shape index (κ3) is 3.24. The van der Waals surface area contributed by atoms with Crippen molar-refractivity contribution in [3.8, 4) is 0 Å². The van der Waals surface area contributed by atoms with Crippen LogP contribution in [0.25, 0.3) is 0 Å². The van der Waals surface area contributed by atoms with Crippen molar-refractivity contribution in [2.75, 3.05) is 31.5 Å². The van der Waals surface area contributed by atoms with Gasteiger partial charge in [0.2, 0.25) is 5.91 Å². The lowest BCUT2D eigenvalue weighted by Gasteiger charge is -2.32. The molecule has 5 heteroatoms. The van der Waals surface area contributed by atoms with Crippen molar-refractivity contribution >= 4 is 17.5 Å². The zero-order valence-corrected chi connectivity index (χ0v) is 13.0. The van der Waals surface area contributed by atoms with E-state index >= 15 is 0 Å². The van der Waals surface area contributed by atoms with Crippen LogP contribution in [0.1, 0.15) is 35.7 Å². The van der Waals surface area contributed by atoms with Gasteiger partial charge in [0.05, 0.1) is 0 Å². The van der Waals surface area contributed by atoms with Crippen LogP contribution in [0.15, 0.2) is 18.2 Å². The molecule has 0 bridgehead atoms. The Morgan fingerprint density at radius 3 is 2.82 bits per heavy atom.